The minimum absolute atomic E-state index is 0. The van der Waals surface area contributed by atoms with E-state index in [0.29, 0.717) is 17.9 Å². The highest BCUT2D eigenvalue weighted by Gasteiger charge is 2.40. The molecule has 0 aliphatic heterocycles. The summed E-state index contributed by atoms with van der Waals surface area (Å²) in [6.45, 7) is 2.05. The van der Waals surface area contributed by atoms with Crippen molar-refractivity contribution in [2.75, 3.05) is 0 Å². The second-order valence-corrected chi connectivity index (χ2v) is 7.97. The fourth-order valence-corrected chi connectivity index (χ4v) is 4.76. The maximum absolute atomic E-state index is 12.8. The van der Waals surface area contributed by atoms with E-state index in [9.17, 15) is 4.79 Å². The summed E-state index contributed by atoms with van der Waals surface area (Å²) in [6, 6.07) is 10.4. The number of nitrogens with two attached hydrogens (primary N) is 1. The number of carbonyl (C=O) groups excluding carboxylic acids is 1. The molecule has 3 N–H and O–H groups in total. The minimum atomic E-state index is 0. The quantitative estimate of drug-likeness (QED) is 0.840. The van der Waals surface area contributed by atoms with Crippen LogP contribution in [0.4, 0.5) is 0 Å². The molecule has 1 aromatic carbocycles. The highest BCUT2D eigenvalue weighted by atomic mass is 35.5. The maximum Gasteiger partial charge on any atom is 0.223 e. The van der Waals surface area contributed by atoms with E-state index in [4.69, 9.17) is 5.73 Å². The fraction of sp³-hybridized carbons (Fsp3) is 0.524. The number of hydrogen-bond donors (Lipinski definition) is 2. The van der Waals surface area contributed by atoms with Crippen LogP contribution in [0.2, 0.25) is 0 Å². The highest BCUT2D eigenvalue weighted by Crippen LogP contribution is 2.42. The highest BCUT2D eigenvalue weighted by molar-refractivity contribution is 5.85. The van der Waals surface area contributed by atoms with Crippen molar-refractivity contribution in [1.82, 2.24) is 15.1 Å². The van der Waals surface area contributed by atoms with Gasteiger partial charge in [0.25, 0.3) is 0 Å². The Morgan fingerprint density at radius 2 is 1.89 bits per heavy atom. The van der Waals surface area contributed by atoms with E-state index < -0.39 is 0 Å². The van der Waals surface area contributed by atoms with Crippen LogP contribution in [0.5, 0.6) is 0 Å². The second-order valence-electron chi connectivity index (χ2n) is 7.97. The summed E-state index contributed by atoms with van der Waals surface area (Å²) in [5, 5.41) is 7.46. The Bertz CT molecular complexity index is 732. The lowest BCUT2D eigenvalue weighted by Crippen LogP contribution is -2.49. The summed E-state index contributed by atoms with van der Waals surface area (Å²) in [5.74, 6) is 1.37. The molecule has 1 heterocycles. The van der Waals surface area contributed by atoms with E-state index >= 15 is 0 Å². The predicted molar refractivity (Wildman–Crippen MR) is 109 cm³/mol. The lowest BCUT2D eigenvalue weighted by atomic mass is 9.65. The molecule has 0 radical (unpaired) electrons. The molecule has 2 aliphatic carbocycles. The van der Waals surface area contributed by atoms with Crippen molar-refractivity contribution in [2.24, 2.45) is 23.5 Å². The lowest BCUT2D eigenvalue weighted by Gasteiger charge is -2.43. The second kappa shape index (κ2) is 8.44. The van der Waals surface area contributed by atoms with E-state index in [1.807, 2.05) is 29.1 Å². The summed E-state index contributed by atoms with van der Waals surface area (Å²) in [5.41, 5.74) is 8.49. The van der Waals surface area contributed by atoms with Crippen LogP contribution in [-0.4, -0.2) is 21.7 Å². The molecule has 2 bridgehead atoms. The van der Waals surface area contributed by atoms with Gasteiger partial charge < -0.3 is 11.1 Å². The molecule has 0 spiro atoms. The van der Waals surface area contributed by atoms with Gasteiger partial charge in [-0.25, -0.2) is 4.68 Å². The predicted octanol–water partition coefficient (Wildman–Crippen LogP) is 3.62. The van der Waals surface area contributed by atoms with Crippen LogP contribution in [0, 0.1) is 17.8 Å². The molecule has 1 aromatic heterocycles. The normalized spacial score (nSPS) is 28.1. The molecule has 4 rings (SSSR count). The molecular formula is C21H29ClN4O. The third-order valence-corrected chi connectivity index (χ3v) is 6.30. The van der Waals surface area contributed by atoms with Crippen molar-refractivity contribution < 1.29 is 4.79 Å². The SMILES string of the molecule is CC(NC(=O)C1CC2CCCC(C1)C2N)c1ccc(-n2cccn2)cc1.Cl. The zero-order valence-electron chi connectivity index (χ0n) is 15.8. The van der Waals surface area contributed by atoms with Gasteiger partial charge in [-0.15, -0.1) is 12.4 Å². The van der Waals surface area contributed by atoms with Crippen LogP contribution in [0.3, 0.4) is 0 Å². The Kier molecular flexibility index (Phi) is 6.22. The van der Waals surface area contributed by atoms with Crippen LogP contribution in [0.25, 0.3) is 5.69 Å². The Hall–Kier alpha value is -1.85. The minimum Gasteiger partial charge on any atom is -0.349 e. The lowest BCUT2D eigenvalue weighted by molar-refractivity contribution is -0.128. The van der Waals surface area contributed by atoms with Crippen molar-refractivity contribution in [2.45, 2.75) is 51.1 Å². The van der Waals surface area contributed by atoms with Gasteiger partial charge in [0.1, 0.15) is 0 Å². The molecule has 6 heteroatoms. The molecule has 1 amide bonds. The molecule has 5 nitrogen and oxygen atoms in total. The van der Waals surface area contributed by atoms with Crippen molar-refractivity contribution in [3.05, 3.63) is 48.3 Å². The first kappa shape index (κ1) is 19.9. The third kappa shape index (κ3) is 4.19. The average molecular weight is 389 g/mol. The van der Waals surface area contributed by atoms with Gasteiger partial charge in [-0.2, -0.15) is 5.10 Å². The first-order valence-electron chi connectivity index (χ1n) is 9.78. The van der Waals surface area contributed by atoms with Gasteiger partial charge in [0.05, 0.1) is 11.7 Å². The number of aromatic nitrogens is 2. The maximum atomic E-state index is 12.8. The molecule has 3 unspecified atom stereocenters. The van der Waals surface area contributed by atoms with Crippen molar-refractivity contribution in [1.29, 1.82) is 0 Å². The standard InChI is InChI=1S/C21H28N4O.ClH/c1-14(15-6-8-19(9-7-15)25-11-3-10-23-25)24-21(26)18-12-16-4-2-5-17(13-18)20(16)22;/h3,6-11,14,16-18,20H,2,4-5,12-13,22H2,1H3,(H,24,26);1H. The molecule has 2 saturated carbocycles. The third-order valence-electron chi connectivity index (χ3n) is 6.30. The van der Waals surface area contributed by atoms with Crippen LogP contribution >= 0.6 is 12.4 Å². The van der Waals surface area contributed by atoms with Gasteiger partial charge in [-0.05, 0) is 68.2 Å². The number of halogens is 1. The molecular weight excluding hydrogens is 360 g/mol. The summed E-state index contributed by atoms with van der Waals surface area (Å²) in [7, 11) is 0. The Labute approximate surface area is 167 Å². The van der Waals surface area contributed by atoms with Crippen molar-refractivity contribution in [3.63, 3.8) is 0 Å². The van der Waals surface area contributed by atoms with E-state index in [1.165, 1.54) is 19.3 Å². The van der Waals surface area contributed by atoms with Crippen LogP contribution < -0.4 is 11.1 Å². The monoisotopic (exact) mass is 388 g/mol. The molecule has 2 fully saturated rings. The Balaban J connectivity index is 0.00000210. The van der Waals surface area contributed by atoms with Gasteiger partial charge in [0.15, 0.2) is 0 Å². The van der Waals surface area contributed by atoms with E-state index in [2.05, 4.69) is 29.5 Å². The topological polar surface area (TPSA) is 72.9 Å². The van der Waals surface area contributed by atoms with Gasteiger partial charge in [-0.1, -0.05) is 18.6 Å². The number of carbonyl (C=O) groups is 1. The van der Waals surface area contributed by atoms with Crippen molar-refractivity contribution >= 4 is 18.3 Å². The Morgan fingerprint density at radius 1 is 1.22 bits per heavy atom. The summed E-state index contributed by atoms with van der Waals surface area (Å²) in [4.78, 5) is 12.8. The number of rotatable bonds is 4. The van der Waals surface area contributed by atoms with E-state index in [0.717, 1.165) is 24.1 Å². The number of hydrogen-bond acceptors (Lipinski definition) is 3. The summed E-state index contributed by atoms with van der Waals surface area (Å²) >= 11 is 0. The number of fused-ring (bicyclic) bond motifs is 2. The average Bonchev–Trinajstić information content (AvgIpc) is 3.16. The molecule has 2 aliphatic rings. The molecule has 2 aromatic rings. The largest absolute Gasteiger partial charge is 0.349 e. The van der Waals surface area contributed by atoms with Gasteiger partial charge in [0, 0.05) is 24.4 Å². The number of nitrogens with zero attached hydrogens (tertiary/aromatic N) is 2. The fourth-order valence-electron chi connectivity index (χ4n) is 4.76. The molecule has 27 heavy (non-hydrogen) atoms. The number of amides is 1. The van der Waals surface area contributed by atoms with Crippen LogP contribution in [0.15, 0.2) is 42.7 Å². The van der Waals surface area contributed by atoms with E-state index in [1.54, 1.807) is 6.20 Å². The molecule has 3 atom stereocenters. The Morgan fingerprint density at radius 3 is 2.48 bits per heavy atom. The summed E-state index contributed by atoms with van der Waals surface area (Å²) in [6.07, 6.45) is 9.24. The van der Waals surface area contributed by atoms with Crippen LogP contribution in [-0.2, 0) is 4.79 Å². The zero-order valence-corrected chi connectivity index (χ0v) is 16.6. The van der Waals surface area contributed by atoms with Crippen molar-refractivity contribution in [3.8, 4) is 5.69 Å². The van der Waals surface area contributed by atoms with Gasteiger partial charge in [-0.3, -0.25) is 4.79 Å². The first-order chi connectivity index (χ1) is 12.6. The molecule has 146 valence electrons. The molecule has 0 saturated heterocycles. The van der Waals surface area contributed by atoms with Gasteiger partial charge in [0.2, 0.25) is 5.91 Å². The summed E-state index contributed by atoms with van der Waals surface area (Å²) < 4.78 is 1.83. The zero-order chi connectivity index (χ0) is 18.1. The smallest absolute Gasteiger partial charge is 0.223 e. The van der Waals surface area contributed by atoms with E-state index in [-0.39, 0.29) is 30.3 Å². The van der Waals surface area contributed by atoms with Crippen LogP contribution in [0.1, 0.15) is 50.6 Å². The van der Waals surface area contributed by atoms with Gasteiger partial charge >= 0.3 is 0 Å². The first-order valence-corrected chi connectivity index (χ1v) is 9.78. The number of benzene rings is 1. The number of nitrogens with one attached hydrogen (secondary N) is 1.